The molecule has 0 saturated carbocycles. The van der Waals surface area contributed by atoms with Crippen molar-refractivity contribution in [2.24, 2.45) is 11.8 Å². The molecule has 0 aliphatic carbocycles. The van der Waals surface area contributed by atoms with E-state index in [4.69, 9.17) is 28.1 Å². The lowest BCUT2D eigenvalue weighted by Gasteiger charge is -2.43. The third-order valence-electron chi connectivity index (χ3n) is 14.0. The van der Waals surface area contributed by atoms with Gasteiger partial charge in [-0.15, -0.1) is 0 Å². The van der Waals surface area contributed by atoms with Crippen LogP contribution in [0.15, 0.2) is 121 Å². The van der Waals surface area contributed by atoms with Crippen molar-refractivity contribution in [3.8, 4) is 16.9 Å². The van der Waals surface area contributed by atoms with Crippen LogP contribution in [-0.4, -0.2) is 80.1 Å². The predicted molar refractivity (Wildman–Crippen MR) is 289 cm³/mol. The lowest BCUT2D eigenvalue weighted by Crippen LogP contribution is -2.65. The highest BCUT2D eigenvalue weighted by atomic mass is 28.4. The highest BCUT2D eigenvalue weighted by Crippen LogP contribution is 2.45. The topological polar surface area (TPSA) is 92.7 Å². The number of esters is 1. The van der Waals surface area contributed by atoms with Gasteiger partial charge >= 0.3 is 5.97 Å². The Balaban J connectivity index is 1.49. The molecule has 5 atom stereocenters. The van der Waals surface area contributed by atoms with E-state index in [1.807, 2.05) is 98.8 Å². The third-order valence-corrected chi connectivity index (χ3v) is 24.7. The molecule has 5 rings (SSSR count). The fourth-order valence-corrected chi connectivity index (χ4v) is 14.7. The van der Waals surface area contributed by atoms with Crippen LogP contribution in [0.25, 0.3) is 17.2 Å². The van der Waals surface area contributed by atoms with Gasteiger partial charge in [-0.25, -0.2) is 4.79 Å². The quantitative estimate of drug-likeness (QED) is 0.0360. The number of methoxy groups -OCH3 is 1. The first-order valence-electron chi connectivity index (χ1n) is 24.5. The molecule has 0 bridgehead atoms. The summed E-state index contributed by atoms with van der Waals surface area (Å²) >= 11 is 0. The van der Waals surface area contributed by atoms with Crippen molar-refractivity contribution in [3.63, 3.8) is 0 Å². The summed E-state index contributed by atoms with van der Waals surface area (Å²) in [6, 6.07) is 35.3. The average molecular weight is 980 g/mol. The first-order chi connectivity index (χ1) is 31.8. The summed E-state index contributed by atoms with van der Waals surface area (Å²) in [5.41, 5.74) is 2.91. The molecule has 0 radical (unpaired) electrons. The van der Waals surface area contributed by atoms with Gasteiger partial charge in [-0.3, -0.25) is 0 Å². The Morgan fingerprint density at radius 2 is 1.38 bits per heavy atom. The summed E-state index contributed by atoms with van der Waals surface area (Å²) in [5.74, 6) is -0.510. The molecule has 1 fully saturated rings. The van der Waals surface area contributed by atoms with E-state index in [2.05, 4.69) is 124 Å². The van der Waals surface area contributed by atoms with Gasteiger partial charge in [-0.05, 0) is 95.3 Å². The van der Waals surface area contributed by atoms with E-state index in [-0.39, 0.29) is 29.8 Å². The van der Waals surface area contributed by atoms with E-state index in [0.29, 0.717) is 29.9 Å². The number of rotatable bonds is 22. The van der Waals surface area contributed by atoms with E-state index in [1.54, 1.807) is 7.11 Å². The first kappa shape index (κ1) is 55.0. The second kappa shape index (κ2) is 22.9. The molecule has 0 spiro atoms. The van der Waals surface area contributed by atoms with E-state index in [0.717, 1.165) is 34.0 Å². The molecule has 4 aromatic rings. The molecule has 0 aromatic heterocycles. The van der Waals surface area contributed by atoms with Gasteiger partial charge in [0.2, 0.25) is 0 Å². The van der Waals surface area contributed by atoms with Crippen LogP contribution in [0.4, 0.5) is 0 Å². The molecule has 1 aliphatic heterocycles. The minimum absolute atomic E-state index is 0.0172. The molecule has 1 unspecified atom stereocenters. The average Bonchev–Trinajstić information content (AvgIpc) is 3.59. The smallest absolute Gasteiger partial charge is 0.342 e. The van der Waals surface area contributed by atoms with E-state index < -0.39 is 53.7 Å². The van der Waals surface area contributed by atoms with Crippen molar-refractivity contribution in [1.29, 1.82) is 0 Å². The SMILES string of the molecule is COCOc1ccc(-c2ccccc2)c(/C=C/C[C@@H]2OC(C)(C)O[C@@H]2C(/C=C\[C@@H](C)[C@H](C)CC(C)(C)[Si](O)(c2ccccc2)c2ccccc2)O[Si](C)(C)C(C)(C)C)c1C(=O)OCC[Si](C)(C)C. The van der Waals surface area contributed by atoms with Crippen molar-refractivity contribution in [3.05, 3.63) is 132 Å². The Hall–Kier alpha value is -3.92. The first-order valence-corrected chi connectivity index (χ1v) is 33.1. The van der Waals surface area contributed by atoms with Gasteiger partial charge in [0.25, 0.3) is 8.32 Å². The summed E-state index contributed by atoms with van der Waals surface area (Å²) < 4.78 is 38.3. The molecule has 370 valence electrons. The van der Waals surface area contributed by atoms with E-state index in [9.17, 15) is 9.59 Å². The molecule has 1 aliphatic rings. The second-order valence-corrected chi connectivity index (χ2v) is 36.9. The van der Waals surface area contributed by atoms with Crippen molar-refractivity contribution in [2.45, 2.75) is 148 Å². The van der Waals surface area contributed by atoms with E-state index in [1.165, 1.54) is 0 Å². The fourth-order valence-electron chi connectivity index (χ4n) is 8.91. The van der Waals surface area contributed by atoms with Crippen molar-refractivity contribution < 1.29 is 37.7 Å². The second-order valence-electron chi connectivity index (χ2n) is 22.6. The van der Waals surface area contributed by atoms with Crippen LogP contribution in [0.1, 0.15) is 91.1 Å². The van der Waals surface area contributed by atoms with Crippen LogP contribution < -0.4 is 15.1 Å². The minimum Gasteiger partial charge on any atom is -0.467 e. The van der Waals surface area contributed by atoms with Gasteiger partial charge in [0.15, 0.2) is 20.9 Å². The fraction of sp³-hybridized carbons (Fsp3) is 0.491. The predicted octanol–water partition coefficient (Wildman–Crippen LogP) is 12.9. The summed E-state index contributed by atoms with van der Waals surface area (Å²) in [7, 11) is -5.45. The Labute approximate surface area is 412 Å². The Bertz CT molecular complexity index is 2240. The minimum atomic E-state index is -3.20. The Kier molecular flexibility index (Phi) is 18.5. The Morgan fingerprint density at radius 1 is 0.809 bits per heavy atom. The van der Waals surface area contributed by atoms with Gasteiger partial charge in [-0.1, -0.05) is 189 Å². The van der Waals surface area contributed by atoms with Crippen LogP contribution in [0.2, 0.25) is 48.9 Å². The van der Waals surface area contributed by atoms with Gasteiger partial charge in [-0.2, -0.15) is 0 Å². The lowest BCUT2D eigenvalue weighted by molar-refractivity contribution is -0.151. The molecule has 11 heteroatoms. The van der Waals surface area contributed by atoms with Crippen LogP contribution in [0, 0.1) is 11.8 Å². The highest BCUT2D eigenvalue weighted by molar-refractivity contribution is 6.98. The molecule has 1 saturated heterocycles. The lowest BCUT2D eigenvalue weighted by atomic mass is 9.87. The standard InChI is InChI=1S/C57H82O8Si3/c1-42(43(2)40-56(6,7)68(59,45-28-21-17-22-29-45)46-30-23-18-24-31-46)34-36-51(65-67(14,15)55(3,4)5)53-50(63-57(8,9)64-53)33-25-32-48-47(44-26-19-16-20-27-44)35-37-49(62-41-60-10)52(48)54(58)61-38-39-66(11,12)13/h16-32,34-37,42-43,50-51,53,59H,33,38-41H2,1-15H3/b32-25+,36-34-/t42-,43-,50+,51?,53+/m1/s1. The highest BCUT2D eigenvalue weighted by Gasteiger charge is 2.51. The van der Waals surface area contributed by atoms with Gasteiger partial charge in [0.05, 0.1) is 18.8 Å². The molecule has 1 N–H and O–H groups in total. The van der Waals surface area contributed by atoms with Crippen LogP contribution in [0.5, 0.6) is 5.75 Å². The van der Waals surface area contributed by atoms with Crippen LogP contribution >= 0.6 is 0 Å². The van der Waals surface area contributed by atoms with Crippen LogP contribution in [-0.2, 0) is 23.4 Å². The summed E-state index contributed by atoms with van der Waals surface area (Å²) in [6.45, 7) is 31.4. The zero-order valence-corrected chi connectivity index (χ0v) is 46.9. The van der Waals surface area contributed by atoms with E-state index >= 15 is 0 Å². The molecular formula is C57H82O8Si3. The van der Waals surface area contributed by atoms with Gasteiger partial charge in [0.1, 0.15) is 17.4 Å². The zero-order valence-electron chi connectivity index (χ0n) is 43.9. The van der Waals surface area contributed by atoms with Crippen molar-refractivity contribution in [2.75, 3.05) is 20.5 Å². The largest absolute Gasteiger partial charge is 0.467 e. The maximum atomic E-state index is 14.2. The third kappa shape index (κ3) is 13.9. The number of ether oxygens (including phenoxy) is 5. The normalized spacial score (nSPS) is 18.5. The number of benzene rings is 4. The van der Waals surface area contributed by atoms with Crippen LogP contribution in [0.3, 0.4) is 0 Å². The molecule has 4 aromatic carbocycles. The summed E-state index contributed by atoms with van der Waals surface area (Å²) in [6.07, 6.45) is 8.70. The number of hydrogen-bond donors (Lipinski definition) is 1. The summed E-state index contributed by atoms with van der Waals surface area (Å²) in [4.78, 5) is 27.1. The molecule has 8 nitrogen and oxygen atoms in total. The number of allylic oxidation sites excluding steroid dienone is 1. The number of carbonyl (C=O) groups excluding carboxylic acids is 1. The summed E-state index contributed by atoms with van der Waals surface area (Å²) in [5, 5.41) is 1.60. The molecule has 0 amide bonds. The zero-order chi connectivity index (χ0) is 50.1. The molecular weight excluding hydrogens is 897 g/mol. The monoisotopic (exact) mass is 979 g/mol. The Morgan fingerprint density at radius 3 is 1.93 bits per heavy atom. The van der Waals surface area contributed by atoms with Gasteiger partial charge in [0, 0.05) is 20.7 Å². The maximum Gasteiger partial charge on any atom is 0.342 e. The maximum absolute atomic E-state index is 14.2. The van der Waals surface area contributed by atoms with Crippen molar-refractivity contribution in [1.82, 2.24) is 0 Å². The van der Waals surface area contributed by atoms with Crippen molar-refractivity contribution >= 4 is 47.1 Å². The number of hydrogen-bond acceptors (Lipinski definition) is 8. The van der Waals surface area contributed by atoms with Gasteiger partial charge < -0.3 is 32.9 Å². The molecule has 1 heterocycles. The molecule has 68 heavy (non-hydrogen) atoms. The number of carbonyl (C=O) groups is 1.